The molecular weight excluding hydrogens is 364 g/mol. The summed E-state index contributed by atoms with van der Waals surface area (Å²) in [5, 5.41) is 1.98. The van der Waals surface area contributed by atoms with Crippen LogP contribution < -0.4 is 4.74 Å². The highest BCUT2D eigenvalue weighted by Crippen LogP contribution is 2.26. The molecule has 2 aliphatic rings. The van der Waals surface area contributed by atoms with E-state index in [1.807, 2.05) is 39.4 Å². The average Bonchev–Trinajstić information content (AvgIpc) is 3.11. The zero-order chi connectivity index (χ0) is 18.6. The molecule has 0 unspecified atom stereocenters. The van der Waals surface area contributed by atoms with Crippen molar-refractivity contribution in [2.75, 3.05) is 39.5 Å². The van der Waals surface area contributed by atoms with Gasteiger partial charge in [-0.1, -0.05) is 6.07 Å². The fraction of sp³-hybridized carbons (Fsp3) is 0.400. The van der Waals surface area contributed by atoms with Crippen LogP contribution in [0.5, 0.6) is 5.75 Å². The standard InChI is InChI=1S/C20H22N2O4S/c23-19(13-17-2-1-11-27-17)22-7-10-26-18-4-3-15(12-16(18)14-22)20(24)21-5-8-25-9-6-21/h1-4,11-12H,5-10,13-14H2. The number of carbonyl (C=O) groups is 2. The number of rotatable bonds is 3. The third-order valence-electron chi connectivity index (χ3n) is 4.84. The lowest BCUT2D eigenvalue weighted by molar-refractivity contribution is -0.131. The molecule has 1 saturated heterocycles. The minimum Gasteiger partial charge on any atom is -0.491 e. The third kappa shape index (κ3) is 4.14. The topological polar surface area (TPSA) is 59.1 Å². The predicted octanol–water partition coefficient (Wildman–Crippen LogP) is 2.18. The molecule has 3 heterocycles. The van der Waals surface area contributed by atoms with E-state index in [2.05, 4.69) is 0 Å². The van der Waals surface area contributed by atoms with E-state index in [9.17, 15) is 9.59 Å². The maximum atomic E-state index is 12.7. The zero-order valence-electron chi connectivity index (χ0n) is 15.1. The molecule has 0 radical (unpaired) electrons. The highest BCUT2D eigenvalue weighted by molar-refractivity contribution is 7.10. The normalized spacial score (nSPS) is 17.0. The van der Waals surface area contributed by atoms with Gasteiger partial charge in [0, 0.05) is 35.6 Å². The van der Waals surface area contributed by atoms with Crippen LogP contribution in [0.3, 0.4) is 0 Å². The zero-order valence-corrected chi connectivity index (χ0v) is 15.9. The first-order valence-electron chi connectivity index (χ1n) is 9.13. The van der Waals surface area contributed by atoms with Gasteiger partial charge in [-0.25, -0.2) is 0 Å². The van der Waals surface area contributed by atoms with Gasteiger partial charge in [0.2, 0.25) is 5.91 Å². The van der Waals surface area contributed by atoms with Crippen molar-refractivity contribution >= 4 is 23.2 Å². The number of ether oxygens (including phenoxy) is 2. The van der Waals surface area contributed by atoms with Crippen LogP contribution in [0, 0.1) is 0 Å². The molecule has 2 aliphatic heterocycles. The van der Waals surface area contributed by atoms with Gasteiger partial charge in [-0.05, 0) is 29.6 Å². The molecule has 0 N–H and O–H groups in total. The first-order chi connectivity index (χ1) is 13.2. The second kappa shape index (κ2) is 8.10. The van der Waals surface area contributed by atoms with Crippen molar-refractivity contribution < 1.29 is 19.1 Å². The minimum atomic E-state index is 0.00168. The molecule has 1 aromatic heterocycles. The summed E-state index contributed by atoms with van der Waals surface area (Å²) >= 11 is 1.59. The Morgan fingerprint density at radius 3 is 2.63 bits per heavy atom. The summed E-state index contributed by atoms with van der Waals surface area (Å²) < 4.78 is 11.1. The highest BCUT2D eigenvalue weighted by Gasteiger charge is 2.23. The van der Waals surface area contributed by atoms with Gasteiger partial charge in [0.25, 0.3) is 5.91 Å². The molecule has 2 amide bonds. The molecule has 0 aliphatic carbocycles. The lowest BCUT2D eigenvalue weighted by Gasteiger charge is -2.27. The number of hydrogen-bond acceptors (Lipinski definition) is 5. The van der Waals surface area contributed by atoms with Crippen LogP contribution in [0.1, 0.15) is 20.8 Å². The van der Waals surface area contributed by atoms with E-state index in [0.29, 0.717) is 58.0 Å². The Balaban J connectivity index is 1.50. The van der Waals surface area contributed by atoms with E-state index >= 15 is 0 Å². The van der Waals surface area contributed by atoms with Gasteiger partial charge in [-0.15, -0.1) is 11.3 Å². The maximum absolute atomic E-state index is 12.7. The SMILES string of the molecule is O=C(Cc1cccs1)N1CCOc2ccc(C(=O)N3CCOCC3)cc2C1. The number of amides is 2. The second-order valence-corrected chi connectivity index (χ2v) is 7.68. The van der Waals surface area contributed by atoms with Crippen LogP contribution in [0.15, 0.2) is 35.7 Å². The molecule has 27 heavy (non-hydrogen) atoms. The molecular formula is C20H22N2O4S. The van der Waals surface area contributed by atoms with Crippen molar-refractivity contribution in [3.63, 3.8) is 0 Å². The summed E-state index contributed by atoms with van der Waals surface area (Å²) in [6.45, 7) is 3.83. The van der Waals surface area contributed by atoms with Crippen LogP contribution in [-0.2, 0) is 22.5 Å². The molecule has 1 aromatic carbocycles. The fourth-order valence-corrected chi connectivity index (χ4v) is 4.06. The second-order valence-electron chi connectivity index (χ2n) is 6.65. The van der Waals surface area contributed by atoms with E-state index in [0.717, 1.165) is 16.2 Å². The number of hydrogen-bond donors (Lipinski definition) is 0. The van der Waals surface area contributed by atoms with Crippen LogP contribution in [0.25, 0.3) is 0 Å². The molecule has 0 saturated carbocycles. The molecule has 0 bridgehead atoms. The number of morpholine rings is 1. The molecule has 7 heteroatoms. The van der Waals surface area contributed by atoms with E-state index < -0.39 is 0 Å². The van der Waals surface area contributed by atoms with Gasteiger partial charge in [0.15, 0.2) is 0 Å². The number of thiophene rings is 1. The summed E-state index contributed by atoms with van der Waals surface area (Å²) in [6.07, 6.45) is 0.402. The predicted molar refractivity (Wildman–Crippen MR) is 102 cm³/mol. The van der Waals surface area contributed by atoms with Crippen LogP contribution in [0.4, 0.5) is 0 Å². The summed E-state index contributed by atoms with van der Waals surface area (Å²) in [5.41, 5.74) is 1.51. The minimum absolute atomic E-state index is 0.00168. The third-order valence-corrected chi connectivity index (χ3v) is 5.72. The van der Waals surface area contributed by atoms with E-state index in [4.69, 9.17) is 9.47 Å². The Hall–Kier alpha value is -2.38. The Bertz CT molecular complexity index is 815. The van der Waals surface area contributed by atoms with Gasteiger partial charge in [-0.3, -0.25) is 9.59 Å². The molecule has 2 aromatic rings. The summed E-state index contributed by atoms with van der Waals surface area (Å²) in [4.78, 5) is 30.1. The fourth-order valence-electron chi connectivity index (χ4n) is 3.36. The van der Waals surface area contributed by atoms with E-state index in [1.54, 1.807) is 17.4 Å². The number of carbonyl (C=O) groups excluding carboxylic acids is 2. The molecule has 6 nitrogen and oxygen atoms in total. The number of benzene rings is 1. The molecule has 1 fully saturated rings. The first kappa shape index (κ1) is 18.0. The van der Waals surface area contributed by atoms with Gasteiger partial charge < -0.3 is 19.3 Å². The Morgan fingerprint density at radius 1 is 1.04 bits per heavy atom. The summed E-state index contributed by atoms with van der Waals surface area (Å²) in [7, 11) is 0. The number of fused-ring (bicyclic) bond motifs is 1. The van der Waals surface area contributed by atoms with Crippen molar-refractivity contribution in [3.8, 4) is 5.75 Å². The van der Waals surface area contributed by atoms with Gasteiger partial charge in [0.05, 0.1) is 26.2 Å². The maximum Gasteiger partial charge on any atom is 0.254 e. The van der Waals surface area contributed by atoms with Crippen molar-refractivity contribution in [1.29, 1.82) is 0 Å². The lowest BCUT2D eigenvalue weighted by Crippen LogP contribution is -2.40. The molecule has 0 atom stereocenters. The van der Waals surface area contributed by atoms with E-state index in [1.165, 1.54) is 0 Å². The first-order valence-corrected chi connectivity index (χ1v) is 10.0. The van der Waals surface area contributed by atoms with Crippen molar-refractivity contribution in [2.45, 2.75) is 13.0 Å². The van der Waals surface area contributed by atoms with Crippen molar-refractivity contribution in [1.82, 2.24) is 9.80 Å². The van der Waals surface area contributed by atoms with Gasteiger partial charge in [-0.2, -0.15) is 0 Å². The summed E-state index contributed by atoms with van der Waals surface area (Å²) in [5.74, 6) is 0.834. The Labute approximate surface area is 162 Å². The quantitative estimate of drug-likeness (QED) is 0.811. The van der Waals surface area contributed by atoms with Gasteiger partial charge in [0.1, 0.15) is 12.4 Å². The van der Waals surface area contributed by atoms with Crippen molar-refractivity contribution in [3.05, 3.63) is 51.7 Å². The monoisotopic (exact) mass is 386 g/mol. The lowest BCUT2D eigenvalue weighted by atomic mass is 10.1. The highest BCUT2D eigenvalue weighted by atomic mass is 32.1. The van der Waals surface area contributed by atoms with Crippen LogP contribution in [0.2, 0.25) is 0 Å². The molecule has 4 rings (SSSR count). The smallest absolute Gasteiger partial charge is 0.254 e. The summed E-state index contributed by atoms with van der Waals surface area (Å²) in [6, 6.07) is 9.45. The van der Waals surface area contributed by atoms with Crippen molar-refractivity contribution in [2.24, 2.45) is 0 Å². The Morgan fingerprint density at radius 2 is 1.85 bits per heavy atom. The van der Waals surface area contributed by atoms with Crippen LogP contribution in [-0.4, -0.2) is 61.1 Å². The van der Waals surface area contributed by atoms with Gasteiger partial charge >= 0.3 is 0 Å². The molecule has 142 valence electrons. The Kier molecular flexibility index (Phi) is 5.40. The van der Waals surface area contributed by atoms with E-state index in [-0.39, 0.29) is 11.8 Å². The average molecular weight is 386 g/mol. The molecule has 0 spiro atoms. The number of nitrogens with zero attached hydrogens (tertiary/aromatic N) is 2. The largest absolute Gasteiger partial charge is 0.491 e. The van der Waals surface area contributed by atoms with Crippen LogP contribution >= 0.6 is 11.3 Å².